The molecule has 0 aliphatic heterocycles. The zero-order chi connectivity index (χ0) is 11.5. The highest BCUT2D eigenvalue weighted by molar-refractivity contribution is 5.87. The summed E-state index contributed by atoms with van der Waals surface area (Å²) in [6.45, 7) is 9.32. The molecule has 86 valence electrons. The van der Waals surface area contributed by atoms with E-state index >= 15 is 0 Å². The summed E-state index contributed by atoms with van der Waals surface area (Å²) in [4.78, 5) is 11.4. The van der Waals surface area contributed by atoms with Crippen LogP contribution in [-0.4, -0.2) is 12.5 Å². The van der Waals surface area contributed by atoms with E-state index in [4.69, 9.17) is 0 Å². The van der Waals surface area contributed by atoms with Crippen LogP contribution in [0.1, 0.15) is 47.0 Å². The summed E-state index contributed by atoms with van der Waals surface area (Å²) in [6, 6.07) is 0. The fraction of sp³-hybridized carbons (Fsp3) is 0.769. The van der Waals surface area contributed by atoms with Crippen molar-refractivity contribution in [3.8, 4) is 0 Å². The molecule has 15 heavy (non-hydrogen) atoms. The molecule has 0 aromatic heterocycles. The molecular weight excluding hydrogens is 186 g/mol. The summed E-state index contributed by atoms with van der Waals surface area (Å²) in [6.07, 6.45) is 5.51. The Morgan fingerprint density at radius 1 is 1.47 bits per heavy atom. The summed E-state index contributed by atoms with van der Waals surface area (Å²) >= 11 is 0. The van der Waals surface area contributed by atoms with Crippen LogP contribution in [0.2, 0.25) is 0 Å². The highest BCUT2D eigenvalue weighted by atomic mass is 16.1. The van der Waals surface area contributed by atoms with Crippen LogP contribution in [0.25, 0.3) is 0 Å². The summed E-state index contributed by atoms with van der Waals surface area (Å²) in [5.74, 6) is 0.699. The predicted molar refractivity (Wildman–Crippen MR) is 63.6 cm³/mol. The zero-order valence-corrected chi connectivity index (χ0v) is 10.4. The van der Waals surface area contributed by atoms with E-state index in [2.05, 4.69) is 19.2 Å². The molecule has 2 nitrogen and oxygen atoms in total. The fourth-order valence-electron chi connectivity index (χ4n) is 2.31. The number of allylic oxidation sites excluding steroid dienone is 1. The number of hydrogen-bond donors (Lipinski definition) is 1. The van der Waals surface area contributed by atoms with Gasteiger partial charge in [-0.1, -0.05) is 25.8 Å². The van der Waals surface area contributed by atoms with E-state index in [-0.39, 0.29) is 5.91 Å². The molecule has 1 unspecified atom stereocenters. The number of carbonyl (C=O) groups excluding carboxylic acids is 1. The molecule has 2 heteroatoms. The molecule has 0 aromatic rings. The lowest BCUT2D eigenvalue weighted by Gasteiger charge is -2.26. The molecule has 0 bridgehead atoms. The van der Waals surface area contributed by atoms with Crippen molar-refractivity contribution in [2.24, 2.45) is 11.3 Å². The number of rotatable bonds is 3. The minimum Gasteiger partial charge on any atom is -0.352 e. The van der Waals surface area contributed by atoms with Crippen molar-refractivity contribution in [2.45, 2.75) is 47.0 Å². The molecule has 0 spiro atoms. The van der Waals surface area contributed by atoms with E-state index in [0.29, 0.717) is 11.3 Å². The fourth-order valence-corrected chi connectivity index (χ4v) is 2.31. The van der Waals surface area contributed by atoms with Crippen molar-refractivity contribution in [1.82, 2.24) is 5.32 Å². The van der Waals surface area contributed by atoms with Crippen LogP contribution in [0.15, 0.2) is 11.6 Å². The van der Waals surface area contributed by atoms with E-state index in [9.17, 15) is 4.79 Å². The first-order chi connectivity index (χ1) is 6.92. The number of carbonyl (C=O) groups is 1. The Bertz CT molecular complexity index is 262. The molecule has 1 aliphatic carbocycles. The first-order valence-corrected chi connectivity index (χ1v) is 5.84. The standard InChI is InChI=1S/C13H23NO/c1-10(2)8-12(15)14-9-11-6-5-7-13(11,3)4/h8,11H,5-7,9H2,1-4H3,(H,14,15). The number of nitrogens with one attached hydrogen (secondary N) is 1. The quantitative estimate of drug-likeness (QED) is 0.711. The maximum absolute atomic E-state index is 11.4. The van der Waals surface area contributed by atoms with Crippen LogP contribution in [-0.2, 0) is 4.79 Å². The molecule has 1 aliphatic rings. The van der Waals surface area contributed by atoms with E-state index in [1.165, 1.54) is 19.3 Å². The maximum atomic E-state index is 11.4. The lowest BCUT2D eigenvalue weighted by Crippen LogP contribution is -2.32. The molecule has 1 fully saturated rings. The minimum atomic E-state index is 0.0534. The highest BCUT2D eigenvalue weighted by Gasteiger charge is 2.34. The molecule has 0 radical (unpaired) electrons. The van der Waals surface area contributed by atoms with Crippen LogP contribution in [0, 0.1) is 11.3 Å². The number of hydrogen-bond acceptors (Lipinski definition) is 1. The van der Waals surface area contributed by atoms with Gasteiger partial charge in [0.25, 0.3) is 0 Å². The van der Waals surface area contributed by atoms with Crippen LogP contribution in [0.3, 0.4) is 0 Å². The molecule has 1 N–H and O–H groups in total. The maximum Gasteiger partial charge on any atom is 0.243 e. The van der Waals surface area contributed by atoms with Crippen molar-refractivity contribution in [3.63, 3.8) is 0 Å². The van der Waals surface area contributed by atoms with Gasteiger partial charge in [-0.15, -0.1) is 0 Å². The Morgan fingerprint density at radius 3 is 2.60 bits per heavy atom. The average Bonchev–Trinajstić information content (AvgIpc) is 2.40. The molecule has 0 heterocycles. The second-order valence-electron chi connectivity index (χ2n) is 5.54. The second-order valence-corrected chi connectivity index (χ2v) is 5.54. The van der Waals surface area contributed by atoms with Gasteiger partial charge in [-0.25, -0.2) is 0 Å². The Morgan fingerprint density at radius 2 is 2.13 bits per heavy atom. The van der Waals surface area contributed by atoms with Gasteiger partial charge in [0.1, 0.15) is 0 Å². The van der Waals surface area contributed by atoms with Gasteiger partial charge < -0.3 is 5.32 Å². The molecule has 0 aromatic carbocycles. The average molecular weight is 209 g/mol. The predicted octanol–water partition coefficient (Wildman–Crippen LogP) is 2.90. The number of amides is 1. The van der Waals surface area contributed by atoms with Crippen molar-refractivity contribution in [3.05, 3.63) is 11.6 Å². The van der Waals surface area contributed by atoms with Crippen molar-refractivity contribution in [1.29, 1.82) is 0 Å². The third-order valence-electron chi connectivity index (χ3n) is 3.42. The highest BCUT2D eigenvalue weighted by Crippen LogP contribution is 2.41. The van der Waals surface area contributed by atoms with Gasteiger partial charge in [0, 0.05) is 12.6 Å². The van der Waals surface area contributed by atoms with Crippen LogP contribution >= 0.6 is 0 Å². The monoisotopic (exact) mass is 209 g/mol. The second kappa shape index (κ2) is 4.82. The molecular formula is C13H23NO. The lowest BCUT2D eigenvalue weighted by molar-refractivity contribution is -0.116. The first-order valence-electron chi connectivity index (χ1n) is 5.84. The van der Waals surface area contributed by atoms with E-state index < -0.39 is 0 Å². The Balaban J connectivity index is 2.38. The molecule has 1 atom stereocenters. The van der Waals surface area contributed by atoms with Gasteiger partial charge in [-0.05, 0) is 38.0 Å². The van der Waals surface area contributed by atoms with Crippen molar-refractivity contribution in [2.75, 3.05) is 6.54 Å². The smallest absolute Gasteiger partial charge is 0.243 e. The Hall–Kier alpha value is -0.790. The van der Waals surface area contributed by atoms with Gasteiger partial charge in [-0.3, -0.25) is 4.79 Å². The van der Waals surface area contributed by atoms with Crippen LogP contribution < -0.4 is 5.32 Å². The van der Waals surface area contributed by atoms with Crippen LogP contribution in [0.4, 0.5) is 0 Å². The summed E-state index contributed by atoms with van der Waals surface area (Å²) in [7, 11) is 0. The zero-order valence-electron chi connectivity index (χ0n) is 10.4. The van der Waals surface area contributed by atoms with E-state index in [0.717, 1.165) is 12.1 Å². The largest absolute Gasteiger partial charge is 0.352 e. The van der Waals surface area contributed by atoms with Crippen molar-refractivity contribution < 1.29 is 4.79 Å². The third kappa shape index (κ3) is 3.69. The summed E-state index contributed by atoms with van der Waals surface area (Å²) < 4.78 is 0. The SMILES string of the molecule is CC(C)=CC(=O)NCC1CCCC1(C)C. The molecule has 0 saturated heterocycles. The molecule has 1 amide bonds. The topological polar surface area (TPSA) is 29.1 Å². The minimum absolute atomic E-state index is 0.0534. The Kier molecular flexibility index (Phi) is 3.95. The van der Waals surface area contributed by atoms with Crippen molar-refractivity contribution >= 4 is 5.91 Å². The Labute approximate surface area is 93.1 Å². The van der Waals surface area contributed by atoms with Gasteiger partial charge in [0.15, 0.2) is 0 Å². The molecule has 1 saturated carbocycles. The lowest BCUT2D eigenvalue weighted by atomic mass is 9.82. The summed E-state index contributed by atoms with van der Waals surface area (Å²) in [5.41, 5.74) is 1.45. The first kappa shape index (κ1) is 12.3. The molecule has 1 rings (SSSR count). The van der Waals surface area contributed by atoms with E-state index in [1.54, 1.807) is 6.08 Å². The van der Waals surface area contributed by atoms with Gasteiger partial charge in [0.2, 0.25) is 5.91 Å². The normalized spacial score (nSPS) is 23.6. The van der Waals surface area contributed by atoms with Gasteiger partial charge in [-0.2, -0.15) is 0 Å². The summed E-state index contributed by atoms with van der Waals surface area (Å²) in [5, 5.41) is 3.00. The van der Waals surface area contributed by atoms with E-state index in [1.807, 2.05) is 13.8 Å². The van der Waals surface area contributed by atoms with Crippen LogP contribution in [0.5, 0.6) is 0 Å². The van der Waals surface area contributed by atoms with Gasteiger partial charge >= 0.3 is 0 Å². The van der Waals surface area contributed by atoms with Gasteiger partial charge in [0.05, 0.1) is 0 Å². The third-order valence-corrected chi connectivity index (χ3v) is 3.42.